The van der Waals surface area contributed by atoms with E-state index in [0.717, 1.165) is 52.1 Å². The number of methoxy groups -OCH3 is 1. The maximum absolute atomic E-state index is 13.1. The summed E-state index contributed by atoms with van der Waals surface area (Å²) in [7, 11) is 1.40. The first kappa shape index (κ1) is 22.9. The highest BCUT2D eigenvalue weighted by atomic mass is 35.5. The second kappa shape index (κ2) is 7.95. The van der Waals surface area contributed by atoms with Gasteiger partial charge >= 0.3 is 12.0 Å². The number of halogens is 1. The number of esters is 1. The molecule has 4 rings (SSSR count). The van der Waals surface area contributed by atoms with Crippen molar-refractivity contribution in [3.63, 3.8) is 0 Å². The van der Waals surface area contributed by atoms with Gasteiger partial charge in [-0.25, -0.2) is 9.59 Å². The highest BCUT2D eigenvalue weighted by Gasteiger charge is 2.65. The minimum absolute atomic E-state index is 0.133. The van der Waals surface area contributed by atoms with E-state index < -0.39 is 0 Å². The molecule has 0 aromatic heterocycles. The number of carbonyl (C=O) groups excluding carboxylic acids is 2. The molecule has 0 spiro atoms. The van der Waals surface area contributed by atoms with E-state index in [4.69, 9.17) is 16.3 Å². The Bertz CT molecular complexity index is 1030. The lowest BCUT2D eigenvalue weighted by atomic mass is 9.86. The lowest BCUT2D eigenvalue weighted by molar-refractivity contribution is -0.136. The van der Waals surface area contributed by atoms with E-state index in [9.17, 15) is 9.59 Å². The zero-order valence-corrected chi connectivity index (χ0v) is 20.6. The average molecular weight is 457 g/mol. The van der Waals surface area contributed by atoms with Crippen LogP contribution in [0.1, 0.15) is 71.0 Å². The minimum Gasteiger partial charge on any atom is -0.466 e. The second-order valence-electron chi connectivity index (χ2n) is 10.8. The highest BCUT2D eigenvalue weighted by Crippen LogP contribution is 2.63. The van der Waals surface area contributed by atoms with Crippen LogP contribution in [0.5, 0.6) is 0 Å². The molecule has 1 heterocycles. The Kier molecular flexibility index (Phi) is 5.69. The minimum atomic E-state index is -0.340. The first-order valence-electron chi connectivity index (χ1n) is 11.4. The van der Waals surface area contributed by atoms with Crippen molar-refractivity contribution in [2.24, 2.45) is 11.3 Å². The van der Waals surface area contributed by atoms with Gasteiger partial charge in [-0.05, 0) is 58.9 Å². The normalized spacial score (nSPS) is 24.6. The number of nitrogens with one attached hydrogen (secondary N) is 1. The Labute approximate surface area is 195 Å². The molecule has 0 radical (unpaired) electrons. The number of ether oxygens (including phenoxy) is 1. The smallest absolute Gasteiger partial charge is 0.333 e. The van der Waals surface area contributed by atoms with Crippen molar-refractivity contribution < 1.29 is 14.3 Å². The van der Waals surface area contributed by atoms with Crippen LogP contribution in [-0.4, -0.2) is 29.5 Å². The van der Waals surface area contributed by atoms with E-state index in [-0.39, 0.29) is 34.9 Å². The molecule has 1 N–H and O–H groups in total. The molecule has 32 heavy (non-hydrogen) atoms. The summed E-state index contributed by atoms with van der Waals surface area (Å²) in [5.74, 6) is -0.0390. The SMILES string of the molecule is COC(=O)C1=C2CC2(N2C=C(C(C)C)C(c3ccc(CCC(C)(C)C)c(Cl)c3)NC2=O)C1. The van der Waals surface area contributed by atoms with Gasteiger partial charge < -0.3 is 10.1 Å². The monoisotopic (exact) mass is 456 g/mol. The van der Waals surface area contributed by atoms with Crippen molar-refractivity contribution in [2.45, 2.75) is 71.9 Å². The number of benzene rings is 1. The molecule has 5 nitrogen and oxygen atoms in total. The summed E-state index contributed by atoms with van der Waals surface area (Å²) in [5.41, 5.74) is 4.93. The predicted octanol–water partition coefficient (Wildman–Crippen LogP) is 5.94. The largest absolute Gasteiger partial charge is 0.466 e. The van der Waals surface area contributed by atoms with Crippen LogP contribution in [0.15, 0.2) is 41.1 Å². The number of hydrogen-bond donors (Lipinski definition) is 1. The number of fused-ring (bicyclic) bond motifs is 1. The third kappa shape index (κ3) is 3.96. The third-order valence-corrected chi connectivity index (χ3v) is 7.30. The van der Waals surface area contributed by atoms with Gasteiger partial charge in [-0.3, -0.25) is 4.90 Å². The fraction of sp³-hybridized carbons (Fsp3) is 0.538. The lowest BCUT2D eigenvalue weighted by Gasteiger charge is -2.40. The summed E-state index contributed by atoms with van der Waals surface area (Å²) in [6, 6.07) is 5.83. The summed E-state index contributed by atoms with van der Waals surface area (Å²) in [6.45, 7) is 11.0. The first-order chi connectivity index (χ1) is 15.0. The zero-order chi connectivity index (χ0) is 23.4. The second-order valence-corrected chi connectivity index (χ2v) is 11.2. The van der Waals surface area contributed by atoms with Crippen LogP contribution in [0.2, 0.25) is 5.02 Å². The van der Waals surface area contributed by atoms with Gasteiger partial charge in [-0.15, -0.1) is 0 Å². The Morgan fingerprint density at radius 1 is 1.31 bits per heavy atom. The van der Waals surface area contributed by atoms with E-state index in [1.165, 1.54) is 7.11 Å². The van der Waals surface area contributed by atoms with E-state index in [1.807, 2.05) is 12.3 Å². The standard InChI is InChI=1S/C26H33ClN2O3/c1-15(2)19-14-29(26-12-18(20(26)13-26)23(30)32-6)24(31)28-22(19)17-8-7-16(21(27)11-17)9-10-25(3,4)5/h7-8,11,14-15,22H,9-10,12-13H2,1-6H3,(H,28,31). The van der Waals surface area contributed by atoms with Gasteiger partial charge in [0.15, 0.2) is 0 Å². The summed E-state index contributed by atoms with van der Waals surface area (Å²) in [4.78, 5) is 26.8. The van der Waals surface area contributed by atoms with Gasteiger partial charge in [-0.1, -0.05) is 58.4 Å². The van der Waals surface area contributed by atoms with Crippen LogP contribution in [-0.2, 0) is 16.0 Å². The van der Waals surface area contributed by atoms with Crippen molar-refractivity contribution in [1.29, 1.82) is 0 Å². The number of amides is 2. The van der Waals surface area contributed by atoms with Crippen molar-refractivity contribution in [2.75, 3.05) is 7.11 Å². The fourth-order valence-electron chi connectivity index (χ4n) is 4.82. The molecule has 2 unspecified atom stereocenters. The number of rotatable bonds is 6. The van der Waals surface area contributed by atoms with Crippen molar-refractivity contribution in [3.05, 3.63) is 57.3 Å². The molecule has 6 heteroatoms. The van der Waals surface area contributed by atoms with Gasteiger partial charge in [0.25, 0.3) is 0 Å². The molecule has 0 bridgehead atoms. The summed E-state index contributed by atoms with van der Waals surface area (Å²) in [5, 5.41) is 3.95. The molecule has 2 amide bonds. The number of hydrogen-bond acceptors (Lipinski definition) is 3. The number of nitrogens with zero attached hydrogens (tertiary/aromatic N) is 1. The van der Waals surface area contributed by atoms with Crippen molar-refractivity contribution in [3.8, 4) is 0 Å². The number of urea groups is 1. The van der Waals surface area contributed by atoms with Gasteiger partial charge in [0.2, 0.25) is 0 Å². The molecular formula is C26H33ClN2O3. The van der Waals surface area contributed by atoms with E-state index in [1.54, 1.807) is 4.90 Å². The zero-order valence-electron chi connectivity index (χ0n) is 19.8. The quantitative estimate of drug-likeness (QED) is 0.539. The van der Waals surface area contributed by atoms with Gasteiger partial charge in [0.05, 0.1) is 18.7 Å². The van der Waals surface area contributed by atoms with Crippen molar-refractivity contribution in [1.82, 2.24) is 10.2 Å². The Morgan fingerprint density at radius 2 is 2.03 bits per heavy atom. The van der Waals surface area contributed by atoms with E-state index in [2.05, 4.69) is 52.1 Å². The average Bonchev–Trinajstić information content (AvgIpc) is 3.29. The first-order valence-corrected chi connectivity index (χ1v) is 11.8. The molecule has 1 aliphatic heterocycles. The lowest BCUT2D eigenvalue weighted by Crippen LogP contribution is -2.52. The van der Waals surface area contributed by atoms with E-state index >= 15 is 0 Å². The Morgan fingerprint density at radius 3 is 2.59 bits per heavy atom. The third-order valence-electron chi connectivity index (χ3n) is 6.95. The maximum atomic E-state index is 13.1. The topological polar surface area (TPSA) is 58.6 Å². The van der Waals surface area contributed by atoms with Crippen LogP contribution < -0.4 is 5.32 Å². The predicted molar refractivity (Wildman–Crippen MR) is 126 cm³/mol. The highest BCUT2D eigenvalue weighted by molar-refractivity contribution is 6.31. The molecule has 2 atom stereocenters. The molecule has 0 saturated heterocycles. The van der Waals surface area contributed by atoms with Gasteiger partial charge in [-0.2, -0.15) is 0 Å². The van der Waals surface area contributed by atoms with Gasteiger partial charge in [0, 0.05) is 23.2 Å². The maximum Gasteiger partial charge on any atom is 0.333 e. The number of aryl methyl sites for hydroxylation is 1. The summed E-state index contributed by atoms with van der Waals surface area (Å²) in [6.07, 6.45) is 5.29. The van der Waals surface area contributed by atoms with Crippen LogP contribution >= 0.6 is 11.6 Å². The Hall–Kier alpha value is -2.27. The van der Waals surface area contributed by atoms with Gasteiger partial charge in [0.1, 0.15) is 0 Å². The van der Waals surface area contributed by atoms with E-state index in [0.29, 0.717) is 6.42 Å². The summed E-state index contributed by atoms with van der Waals surface area (Å²) >= 11 is 6.65. The molecular weight excluding hydrogens is 424 g/mol. The van der Waals surface area contributed by atoms with Crippen LogP contribution in [0.3, 0.4) is 0 Å². The van der Waals surface area contributed by atoms with Crippen LogP contribution in [0.25, 0.3) is 0 Å². The number of carbonyl (C=O) groups is 2. The molecule has 172 valence electrons. The molecule has 1 aromatic carbocycles. The molecule has 2 aliphatic carbocycles. The summed E-state index contributed by atoms with van der Waals surface area (Å²) < 4.78 is 4.86. The van der Waals surface area contributed by atoms with Crippen LogP contribution in [0.4, 0.5) is 4.79 Å². The molecule has 1 saturated carbocycles. The molecule has 1 fully saturated rings. The molecule has 3 aliphatic rings. The Balaban J connectivity index is 1.59. The van der Waals surface area contributed by atoms with Crippen molar-refractivity contribution >= 4 is 23.6 Å². The van der Waals surface area contributed by atoms with Crippen LogP contribution in [0, 0.1) is 11.3 Å². The fourth-order valence-corrected chi connectivity index (χ4v) is 5.11. The molecule has 1 aromatic rings.